The van der Waals surface area contributed by atoms with Gasteiger partial charge < -0.3 is 99.9 Å². The van der Waals surface area contributed by atoms with Crippen LogP contribution in [-0.4, -0.2) is 214 Å². The second kappa shape index (κ2) is 19.2. The smallest absolute Gasteiger partial charge is 0.187 e. The van der Waals surface area contributed by atoms with E-state index in [9.17, 15) is 71.5 Å². The molecule has 8 aliphatic rings. The molecule has 3 aliphatic heterocycles. The summed E-state index contributed by atoms with van der Waals surface area (Å²) in [6.45, 7) is 9.79. The van der Waals surface area contributed by atoms with Gasteiger partial charge in [-0.1, -0.05) is 27.7 Å². The van der Waals surface area contributed by atoms with E-state index in [0.29, 0.717) is 25.7 Å². The summed E-state index contributed by atoms with van der Waals surface area (Å²) in [6, 6.07) is 0. The Morgan fingerprint density at radius 1 is 0.603 bits per heavy atom. The molecular formula is C48H82O20. The zero-order chi connectivity index (χ0) is 49.8. The van der Waals surface area contributed by atoms with Crippen molar-refractivity contribution in [2.45, 2.75) is 222 Å². The number of hydrogen-bond donors (Lipinski definition) is 14. The van der Waals surface area contributed by atoms with Crippen molar-refractivity contribution in [3.63, 3.8) is 0 Å². The van der Waals surface area contributed by atoms with Gasteiger partial charge in [0.1, 0.15) is 73.2 Å². The molecule has 14 N–H and O–H groups in total. The topological polar surface area (TPSA) is 339 Å². The van der Waals surface area contributed by atoms with Crippen LogP contribution >= 0.6 is 0 Å². The summed E-state index contributed by atoms with van der Waals surface area (Å²) in [5.41, 5.74) is -3.00. The fourth-order valence-electron chi connectivity index (χ4n) is 15.9. The van der Waals surface area contributed by atoms with Crippen molar-refractivity contribution in [3.8, 4) is 0 Å². The number of fused-ring (bicyclic) bond motifs is 2. The SMILES string of the molecule is C[C@H](CC[C@@H](O[C@@H]1O[C@H](CO)[C@@H](O)[C@H](O)[C@H]1O[C@H]1O[C@H](CO)[C@@H](O)[C@H](O)[C@H]1O)C(C)(C)O)C1CC[C@@]2(C)C3[C@@H](O)CC4C5(CC[C@H](O[C@@H]6O[C@H](CO)[C@@H](O)[C@H](O)[C@H]6O)[C@]4(C)CO)CC35CC[C@]12C. The van der Waals surface area contributed by atoms with E-state index in [0.717, 1.165) is 38.5 Å². The molecule has 0 aromatic rings. The highest BCUT2D eigenvalue weighted by atomic mass is 16.8. The first-order valence-electron chi connectivity index (χ1n) is 25.1. The molecule has 8 fully saturated rings. The van der Waals surface area contributed by atoms with Gasteiger partial charge in [-0.25, -0.2) is 0 Å². The van der Waals surface area contributed by atoms with Crippen LogP contribution in [0.1, 0.15) is 106 Å². The summed E-state index contributed by atoms with van der Waals surface area (Å²) in [7, 11) is 0. The third-order valence-corrected chi connectivity index (χ3v) is 20.0. The molecule has 5 unspecified atom stereocenters. The predicted octanol–water partition coefficient (Wildman–Crippen LogP) is -2.25. The highest BCUT2D eigenvalue weighted by Gasteiger charge is 2.84. The second-order valence-corrected chi connectivity index (χ2v) is 23.7. The second-order valence-electron chi connectivity index (χ2n) is 23.7. The highest BCUT2D eigenvalue weighted by molar-refractivity contribution is 5.32. The van der Waals surface area contributed by atoms with Crippen LogP contribution in [0, 0.1) is 50.7 Å². The van der Waals surface area contributed by atoms with Crippen LogP contribution in [-0.2, 0) is 28.4 Å². The quantitative estimate of drug-likeness (QED) is 0.0771. The van der Waals surface area contributed by atoms with Crippen molar-refractivity contribution in [1.29, 1.82) is 0 Å². The molecule has 5 saturated carbocycles. The molecule has 0 radical (unpaired) electrons. The molecule has 20 heteroatoms. The molecular weight excluding hydrogens is 897 g/mol. The van der Waals surface area contributed by atoms with Gasteiger partial charge in [-0.3, -0.25) is 0 Å². The van der Waals surface area contributed by atoms with Crippen molar-refractivity contribution in [1.82, 2.24) is 0 Å². The standard InChI is InChI=1S/C48H82O20/c1-21(7-8-28(43(2,3)62)66-42-38(35(59)32(56)26(18-51)65-42)68-41-37(61)34(58)31(55)25(17-50)64-41)22-9-11-46(6)39-23(53)15-27-44(4,20-52)29(67-40-36(60)33(57)30(54)24(16-49)63-40)10-12-47(27)19-48(39,47)14-13-45(22,46)5/h21-42,49-62H,7-20H2,1-6H3/t21-,22?,23+,24-,25-,26-,27?,28-,29+,30-,31-,32-,33+,34+,35+,36-,37-,38-,39?,40+,41-,42+,44-,45-,46+,47?,48?/m1/s1. The van der Waals surface area contributed by atoms with E-state index in [1.807, 2.05) is 6.92 Å². The lowest BCUT2D eigenvalue weighted by molar-refractivity contribution is -0.375. The molecule has 0 aromatic carbocycles. The van der Waals surface area contributed by atoms with Crippen molar-refractivity contribution in [3.05, 3.63) is 0 Å². The first-order chi connectivity index (χ1) is 31.8. The van der Waals surface area contributed by atoms with Crippen LogP contribution in [0.15, 0.2) is 0 Å². The molecule has 8 rings (SSSR count). The molecule has 68 heavy (non-hydrogen) atoms. The molecule has 20 nitrogen and oxygen atoms in total. The van der Waals surface area contributed by atoms with Gasteiger partial charge in [0.15, 0.2) is 18.9 Å². The Morgan fingerprint density at radius 2 is 1.15 bits per heavy atom. The maximum absolute atomic E-state index is 12.5. The molecule has 5 aliphatic carbocycles. The van der Waals surface area contributed by atoms with E-state index in [1.165, 1.54) is 0 Å². The Labute approximate surface area is 398 Å². The maximum Gasteiger partial charge on any atom is 0.187 e. The summed E-state index contributed by atoms with van der Waals surface area (Å²) < 4.78 is 35.9. The maximum atomic E-state index is 12.5. The van der Waals surface area contributed by atoms with Crippen molar-refractivity contribution >= 4 is 0 Å². The molecule has 3 heterocycles. The van der Waals surface area contributed by atoms with Crippen LogP contribution in [0.2, 0.25) is 0 Å². The average Bonchev–Trinajstić information content (AvgIpc) is 3.86. The van der Waals surface area contributed by atoms with E-state index in [4.69, 9.17) is 28.4 Å². The van der Waals surface area contributed by atoms with Crippen molar-refractivity contribution in [2.24, 2.45) is 50.7 Å². The number of aliphatic hydroxyl groups excluding tert-OH is 13. The summed E-state index contributed by atoms with van der Waals surface area (Å²) >= 11 is 0. The molecule has 3 saturated heterocycles. The number of aliphatic hydroxyl groups is 14. The van der Waals surface area contributed by atoms with Crippen LogP contribution in [0.5, 0.6) is 0 Å². The van der Waals surface area contributed by atoms with Crippen molar-refractivity contribution < 1.29 is 99.9 Å². The summed E-state index contributed by atoms with van der Waals surface area (Å²) in [5, 5.41) is 150. The Hall–Kier alpha value is -0.800. The van der Waals surface area contributed by atoms with E-state index < -0.39 is 141 Å². The van der Waals surface area contributed by atoms with Gasteiger partial charge in [-0.2, -0.15) is 0 Å². The molecule has 27 atom stereocenters. The van der Waals surface area contributed by atoms with Crippen LogP contribution in [0.25, 0.3) is 0 Å². The summed E-state index contributed by atoms with van der Waals surface area (Å²) in [5.74, 6) is 0.252. The number of rotatable bonds is 15. The number of ether oxygens (including phenoxy) is 6. The third-order valence-electron chi connectivity index (χ3n) is 20.0. The fraction of sp³-hybridized carbons (Fsp3) is 1.00. The Kier molecular flexibility index (Phi) is 15.1. The van der Waals surface area contributed by atoms with E-state index >= 15 is 0 Å². The van der Waals surface area contributed by atoms with Crippen molar-refractivity contribution in [2.75, 3.05) is 26.4 Å². The van der Waals surface area contributed by atoms with E-state index in [1.54, 1.807) is 13.8 Å². The zero-order valence-electron chi connectivity index (χ0n) is 40.3. The lowest BCUT2D eigenvalue weighted by Gasteiger charge is -2.65. The molecule has 0 amide bonds. The largest absolute Gasteiger partial charge is 0.396 e. The van der Waals surface area contributed by atoms with Gasteiger partial charge in [0.2, 0.25) is 0 Å². The molecule has 0 bridgehead atoms. The normalized spacial score (nSPS) is 54.5. The molecule has 394 valence electrons. The van der Waals surface area contributed by atoms with Crippen LogP contribution in [0.4, 0.5) is 0 Å². The average molecular weight is 979 g/mol. The lowest BCUT2D eigenvalue weighted by atomic mass is 9.41. The number of hydrogen-bond acceptors (Lipinski definition) is 20. The van der Waals surface area contributed by atoms with Crippen LogP contribution < -0.4 is 0 Å². The zero-order valence-corrected chi connectivity index (χ0v) is 40.3. The summed E-state index contributed by atoms with van der Waals surface area (Å²) in [4.78, 5) is 0. The minimum atomic E-state index is -1.84. The molecule has 0 aromatic heterocycles. The van der Waals surface area contributed by atoms with Gasteiger partial charge in [0, 0.05) is 5.41 Å². The predicted molar refractivity (Wildman–Crippen MR) is 234 cm³/mol. The Morgan fingerprint density at radius 3 is 1.69 bits per heavy atom. The van der Waals surface area contributed by atoms with Gasteiger partial charge in [-0.05, 0) is 123 Å². The van der Waals surface area contributed by atoms with Gasteiger partial charge in [0.05, 0.1) is 50.3 Å². The summed E-state index contributed by atoms with van der Waals surface area (Å²) in [6.07, 6.45) is -18.3. The molecule has 2 spiro atoms. The lowest BCUT2D eigenvalue weighted by Crippen LogP contribution is -2.65. The van der Waals surface area contributed by atoms with Gasteiger partial charge in [0.25, 0.3) is 0 Å². The van der Waals surface area contributed by atoms with Crippen LogP contribution in [0.3, 0.4) is 0 Å². The minimum Gasteiger partial charge on any atom is -0.396 e. The third kappa shape index (κ3) is 8.28. The first-order valence-corrected chi connectivity index (χ1v) is 25.1. The first kappa shape index (κ1) is 53.5. The van der Waals surface area contributed by atoms with E-state index in [2.05, 4.69) is 20.8 Å². The van der Waals surface area contributed by atoms with E-state index in [-0.39, 0.29) is 51.9 Å². The minimum absolute atomic E-state index is 0.00541. The monoisotopic (exact) mass is 979 g/mol. The fourth-order valence-corrected chi connectivity index (χ4v) is 15.9. The highest BCUT2D eigenvalue weighted by Crippen LogP contribution is 2.89. The Balaban J connectivity index is 0.963. The van der Waals surface area contributed by atoms with Gasteiger partial charge >= 0.3 is 0 Å². The Bertz CT molecular complexity index is 1740. The van der Waals surface area contributed by atoms with Gasteiger partial charge in [-0.15, -0.1) is 0 Å².